The molecular formula is C15H20F3NO. The molecule has 0 aromatic heterocycles. The maximum Gasteiger partial charge on any atom is 0.416 e. The Hall–Kier alpha value is -1.23. The maximum atomic E-state index is 12.7. The first-order valence-electron chi connectivity index (χ1n) is 7.02. The summed E-state index contributed by atoms with van der Waals surface area (Å²) < 4.78 is 43.9. The molecule has 1 N–H and O–H groups in total. The van der Waals surface area contributed by atoms with Gasteiger partial charge in [-0.25, -0.2) is 0 Å². The quantitative estimate of drug-likeness (QED) is 0.798. The second-order valence-electron chi connectivity index (χ2n) is 5.27. The third-order valence-corrected chi connectivity index (χ3v) is 3.77. The Labute approximate surface area is 117 Å². The van der Waals surface area contributed by atoms with Gasteiger partial charge in [0.15, 0.2) is 0 Å². The molecule has 0 spiro atoms. The zero-order valence-electron chi connectivity index (χ0n) is 11.6. The van der Waals surface area contributed by atoms with Crippen molar-refractivity contribution in [1.82, 2.24) is 5.32 Å². The van der Waals surface area contributed by atoms with Gasteiger partial charge in [-0.3, -0.25) is 0 Å². The van der Waals surface area contributed by atoms with Crippen molar-refractivity contribution in [3.05, 3.63) is 29.8 Å². The molecule has 1 aromatic carbocycles. The highest BCUT2D eigenvalue weighted by molar-refractivity contribution is 5.31. The van der Waals surface area contributed by atoms with E-state index in [1.54, 1.807) is 6.07 Å². The molecule has 0 saturated heterocycles. The minimum atomic E-state index is -4.32. The standard InChI is InChI=1S/C15H20F3NO/c1-2-19-10-9-14(7-4-8-14)20-13-6-3-5-12(11-13)15(16,17)18/h3,5-6,11,19H,2,4,7-10H2,1H3. The summed E-state index contributed by atoms with van der Waals surface area (Å²) in [6.07, 6.45) is -0.596. The Morgan fingerprint density at radius 3 is 2.60 bits per heavy atom. The number of benzene rings is 1. The highest BCUT2D eigenvalue weighted by atomic mass is 19.4. The largest absolute Gasteiger partial charge is 0.487 e. The fourth-order valence-corrected chi connectivity index (χ4v) is 2.45. The van der Waals surface area contributed by atoms with Crippen LogP contribution in [0.5, 0.6) is 5.75 Å². The van der Waals surface area contributed by atoms with E-state index in [0.29, 0.717) is 5.75 Å². The predicted octanol–water partition coefficient (Wildman–Crippen LogP) is 4.01. The first-order valence-corrected chi connectivity index (χ1v) is 7.02. The van der Waals surface area contributed by atoms with E-state index in [1.807, 2.05) is 6.92 Å². The summed E-state index contributed by atoms with van der Waals surface area (Å²) in [6, 6.07) is 5.16. The first-order chi connectivity index (χ1) is 9.45. The van der Waals surface area contributed by atoms with Gasteiger partial charge in [0.05, 0.1) is 5.56 Å². The van der Waals surface area contributed by atoms with Gasteiger partial charge < -0.3 is 10.1 Å². The van der Waals surface area contributed by atoms with Crippen molar-refractivity contribution < 1.29 is 17.9 Å². The van der Waals surface area contributed by atoms with Gasteiger partial charge in [0.1, 0.15) is 11.4 Å². The molecule has 1 fully saturated rings. The van der Waals surface area contributed by atoms with E-state index in [2.05, 4.69) is 5.32 Å². The lowest BCUT2D eigenvalue weighted by atomic mass is 9.77. The summed E-state index contributed by atoms with van der Waals surface area (Å²) in [5.74, 6) is 0.316. The number of rotatable bonds is 6. The molecule has 1 aliphatic rings. The Kier molecular flexibility index (Phi) is 4.58. The topological polar surface area (TPSA) is 21.3 Å². The van der Waals surface area contributed by atoms with Gasteiger partial charge in [0.2, 0.25) is 0 Å². The Bertz CT molecular complexity index is 441. The van der Waals surface area contributed by atoms with E-state index in [0.717, 1.165) is 50.9 Å². The molecule has 20 heavy (non-hydrogen) atoms. The van der Waals surface area contributed by atoms with E-state index >= 15 is 0 Å². The molecule has 1 saturated carbocycles. The molecule has 0 radical (unpaired) electrons. The van der Waals surface area contributed by atoms with Crippen molar-refractivity contribution in [1.29, 1.82) is 0 Å². The summed E-state index contributed by atoms with van der Waals surface area (Å²) >= 11 is 0. The lowest BCUT2D eigenvalue weighted by molar-refractivity contribution is -0.137. The zero-order chi connectivity index (χ0) is 14.6. The van der Waals surface area contributed by atoms with Crippen molar-refractivity contribution in [2.45, 2.75) is 44.4 Å². The van der Waals surface area contributed by atoms with Crippen LogP contribution in [0.25, 0.3) is 0 Å². The SMILES string of the molecule is CCNCCC1(Oc2cccc(C(F)(F)F)c2)CCC1. The third kappa shape index (κ3) is 3.66. The number of hydrogen-bond donors (Lipinski definition) is 1. The van der Waals surface area contributed by atoms with E-state index in [4.69, 9.17) is 4.74 Å². The molecule has 0 atom stereocenters. The van der Waals surface area contributed by atoms with Crippen LogP contribution in [0.1, 0.15) is 38.2 Å². The van der Waals surface area contributed by atoms with Crippen molar-refractivity contribution >= 4 is 0 Å². The van der Waals surface area contributed by atoms with Gasteiger partial charge in [-0.15, -0.1) is 0 Å². The van der Waals surface area contributed by atoms with Crippen molar-refractivity contribution in [2.24, 2.45) is 0 Å². The second-order valence-corrected chi connectivity index (χ2v) is 5.27. The van der Waals surface area contributed by atoms with Crippen LogP contribution in [-0.4, -0.2) is 18.7 Å². The molecule has 1 aromatic rings. The molecular weight excluding hydrogens is 267 g/mol. The summed E-state index contributed by atoms with van der Waals surface area (Å²) in [5, 5.41) is 3.23. The van der Waals surface area contributed by atoms with Gasteiger partial charge in [-0.1, -0.05) is 13.0 Å². The lowest BCUT2D eigenvalue weighted by Gasteiger charge is -2.42. The molecule has 2 rings (SSSR count). The van der Waals surface area contributed by atoms with E-state index in [9.17, 15) is 13.2 Å². The van der Waals surface area contributed by atoms with Gasteiger partial charge in [0, 0.05) is 0 Å². The number of nitrogens with one attached hydrogen (secondary N) is 1. The van der Waals surface area contributed by atoms with E-state index in [1.165, 1.54) is 6.07 Å². The van der Waals surface area contributed by atoms with Crippen molar-refractivity contribution in [2.75, 3.05) is 13.1 Å². The molecule has 5 heteroatoms. The fourth-order valence-electron chi connectivity index (χ4n) is 2.45. The third-order valence-electron chi connectivity index (χ3n) is 3.77. The molecule has 0 amide bonds. The van der Waals surface area contributed by atoms with Crippen LogP contribution in [-0.2, 0) is 6.18 Å². The number of halogens is 3. The smallest absolute Gasteiger partial charge is 0.416 e. The minimum absolute atomic E-state index is 0.285. The normalized spacial score (nSPS) is 17.6. The molecule has 112 valence electrons. The Balaban J connectivity index is 2.04. The van der Waals surface area contributed by atoms with Crippen LogP contribution in [0.15, 0.2) is 24.3 Å². The van der Waals surface area contributed by atoms with Gasteiger partial charge >= 0.3 is 6.18 Å². The van der Waals surface area contributed by atoms with Crippen molar-refractivity contribution in [3.63, 3.8) is 0 Å². The van der Waals surface area contributed by atoms with E-state index in [-0.39, 0.29) is 5.60 Å². The molecule has 2 nitrogen and oxygen atoms in total. The zero-order valence-corrected chi connectivity index (χ0v) is 11.6. The number of ether oxygens (including phenoxy) is 1. The lowest BCUT2D eigenvalue weighted by Crippen LogP contribution is -2.45. The molecule has 0 unspecified atom stereocenters. The van der Waals surface area contributed by atoms with Crippen LogP contribution < -0.4 is 10.1 Å². The highest BCUT2D eigenvalue weighted by Crippen LogP contribution is 2.40. The number of hydrogen-bond acceptors (Lipinski definition) is 2. The van der Waals surface area contributed by atoms with Crippen molar-refractivity contribution in [3.8, 4) is 5.75 Å². The summed E-state index contributed by atoms with van der Waals surface area (Å²) in [6.45, 7) is 3.75. The average Bonchev–Trinajstić information content (AvgIpc) is 2.35. The Morgan fingerprint density at radius 1 is 1.30 bits per heavy atom. The number of alkyl halides is 3. The Morgan fingerprint density at radius 2 is 2.05 bits per heavy atom. The van der Waals surface area contributed by atoms with E-state index < -0.39 is 11.7 Å². The second kappa shape index (κ2) is 6.04. The predicted molar refractivity (Wildman–Crippen MR) is 71.8 cm³/mol. The summed E-state index contributed by atoms with van der Waals surface area (Å²) in [4.78, 5) is 0. The van der Waals surface area contributed by atoms with Gasteiger partial charge in [-0.2, -0.15) is 13.2 Å². The van der Waals surface area contributed by atoms with Crippen LogP contribution in [0.2, 0.25) is 0 Å². The molecule has 0 aliphatic heterocycles. The molecule has 0 bridgehead atoms. The average molecular weight is 287 g/mol. The van der Waals surface area contributed by atoms with Crippen LogP contribution in [0.4, 0.5) is 13.2 Å². The maximum absolute atomic E-state index is 12.7. The van der Waals surface area contributed by atoms with Gasteiger partial charge in [0.25, 0.3) is 0 Å². The van der Waals surface area contributed by atoms with Crippen LogP contribution in [0.3, 0.4) is 0 Å². The molecule has 0 heterocycles. The monoisotopic (exact) mass is 287 g/mol. The minimum Gasteiger partial charge on any atom is -0.487 e. The fraction of sp³-hybridized carbons (Fsp3) is 0.600. The highest BCUT2D eigenvalue weighted by Gasteiger charge is 2.39. The summed E-state index contributed by atoms with van der Waals surface area (Å²) in [7, 11) is 0. The van der Waals surface area contributed by atoms with Crippen LogP contribution in [0, 0.1) is 0 Å². The first kappa shape index (κ1) is 15.2. The molecule has 1 aliphatic carbocycles. The van der Waals surface area contributed by atoms with Gasteiger partial charge in [-0.05, 0) is 57.0 Å². The van der Waals surface area contributed by atoms with Crippen LogP contribution >= 0.6 is 0 Å². The summed E-state index contributed by atoms with van der Waals surface area (Å²) in [5.41, 5.74) is -0.942.